The van der Waals surface area contributed by atoms with Crippen molar-refractivity contribution < 1.29 is 23.5 Å². The number of aromatic nitrogens is 3. The van der Waals surface area contributed by atoms with E-state index in [2.05, 4.69) is 16.0 Å². The van der Waals surface area contributed by atoms with Gasteiger partial charge in [0, 0.05) is 11.6 Å². The van der Waals surface area contributed by atoms with Gasteiger partial charge in [0.25, 0.3) is 11.8 Å². The number of pyridine rings is 1. The van der Waals surface area contributed by atoms with Gasteiger partial charge >= 0.3 is 0 Å². The second-order valence-corrected chi connectivity index (χ2v) is 8.13. The average molecular weight is 461 g/mol. The fraction of sp³-hybridized carbons (Fsp3) is 0.250. The minimum atomic E-state index is -0.496. The number of fused-ring (bicyclic) bond motifs is 2. The Bertz CT molecular complexity index is 1400. The summed E-state index contributed by atoms with van der Waals surface area (Å²) in [6, 6.07) is 8.76. The molecule has 174 valence electrons. The number of nitrogens with one attached hydrogen (secondary N) is 2. The highest BCUT2D eigenvalue weighted by atomic mass is 16.6. The molecule has 2 N–H and O–H groups in total. The third kappa shape index (κ3) is 3.83. The van der Waals surface area contributed by atoms with Gasteiger partial charge in [-0.1, -0.05) is 0 Å². The van der Waals surface area contributed by atoms with Gasteiger partial charge in [-0.15, -0.1) is 0 Å². The van der Waals surface area contributed by atoms with Crippen LogP contribution in [-0.4, -0.2) is 39.8 Å². The van der Waals surface area contributed by atoms with Gasteiger partial charge in [-0.2, -0.15) is 5.10 Å². The summed E-state index contributed by atoms with van der Waals surface area (Å²) in [6.45, 7) is 6.60. The maximum absolute atomic E-state index is 13.2. The molecule has 1 aliphatic rings. The summed E-state index contributed by atoms with van der Waals surface area (Å²) in [5, 5.41) is 4.99. The molecule has 0 spiro atoms. The van der Waals surface area contributed by atoms with E-state index in [1.165, 1.54) is 12.3 Å². The number of nitrogens with zero attached hydrogens (tertiary/aromatic N) is 3. The molecule has 0 saturated heterocycles. The van der Waals surface area contributed by atoms with Crippen molar-refractivity contribution in [2.24, 2.45) is 0 Å². The van der Waals surface area contributed by atoms with Crippen LogP contribution >= 0.6 is 0 Å². The van der Waals surface area contributed by atoms with Gasteiger partial charge in [-0.3, -0.25) is 20.4 Å². The molecule has 0 atom stereocenters. The molecule has 1 aliphatic heterocycles. The third-order valence-corrected chi connectivity index (χ3v) is 5.53. The first-order valence-electron chi connectivity index (χ1n) is 10.9. The standard InChI is InChI=1S/C24H23N5O5/c1-13(2)29-22-18(12-25-29)17(24(31)28-27-23(30)16-6-7-32-14(16)3)11-19(26-22)15-4-5-20-21(10-15)34-9-8-33-20/h4-7,10-13H,8-9H2,1-3H3,(H,27,30)(H,28,31). The number of hydrogen-bond acceptors (Lipinski definition) is 7. The summed E-state index contributed by atoms with van der Waals surface area (Å²) in [6.07, 6.45) is 3.02. The lowest BCUT2D eigenvalue weighted by atomic mass is 10.1. The molecule has 0 saturated carbocycles. The highest BCUT2D eigenvalue weighted by molar-refractivity contribution is 6.07. The Morgan fingerprint density at radius 1 is 1.00 bits per heavy atom. The van der Waals surface area contributed by atoms with Crippen molar-refractivity contribution in [3.8, 4) is 22.8 Å². The van der Waals surface area contributed by atoms with E-state index in [9.17, 15) is 9.59 Å². The van der Waals surface area contributed by atoms with Crippen LogP contribution in [0.4, 0.5) is 0 Å². The van der Waals surface area contributed by atoms with Crippen molar-refractivity contribution in [1.82, 2.24) is 25.6 Å². The summed E-state index contributed by atoms with van der Waals surface area (Å²) in [5.41, 5.74) is 7.47. The van der Waals surface area contributed by atoms with Gasteiger partial charge in [0.1, 0.15) is 19.0 Å². The molecule has 1 aromatic carbocycles. The van der Waals surface area contributed by atoms with Gasteiger partial charge in [0.2, 0.25) is 0 Å². The number of hydrogen-bond donors (Lipinski definition) is 2. The summed E-state index contributed by atoms with van der Waals surface area (Å²) in [5.74, 6) is 0.770. The molecular weight excluding hydrogens is 438 g/mol. The second kappa shape index (κ2) is 8.54. The number of carbonyl (C=O) groups excluding carboxylic acids is 2. The van der Waals surface area contributed by atoms with E-state index in [1.54, 1.807) is 23.9 Å². The topological polar surface area (TPSA) is 121 Å². The van der Waals surface area contributed by atoms with Crippen LogP contribution in [0, 0.1) is 6.92 Å². The quantitative estimate of drug-likeness (QED) is 0.447. The number of amides is 2. The fourth-order valence-electron chi connectivity index (χ4n) is 3.80. The first kappa shape index (κ1) is 21.5. The largest absolute Gasteiger partial charge is 0.486 e. The van der Waals surface area contributed by atoms with E-state index in [0.717, 1.165) is 5.56 Å². The lowest BCUT2D eigenvalue weighted by Gasteiger charge is -2.19. The molecule has 2 amide bonds. The normalized spacial score (nSPS) is 12.7. The summed E-state index contributed by atoms with van der Waals surface area (Å²) in [4.78, 5) is 30.3. The number of aryl methyl sites for hydroxylation is 1. The first-order valence-corrected chi connectivity index (χ1v) is 10.9. The monoisotopic (exact) mass is 461 g/mol. The van der Waals surface area contributed by atoms with Crippen molar-refractivity contribution >= 4 is 22.8 Å². The van der Waals surface area contributed by atoms with E-state index in [4.69, 9.17) is 18.9 Å². The summed E-state index contributed by atoms with van der Waals surface area (Å²) < 4.78 is 18.2. The Balaban J connectivity index is 1.52. The molecule has 5 rings (SSSR count). The number of benzene rings is 1. The Morgan fingerprint density at radius 3 is 2.44 bits per heavy atom. The van der Waals surface area contributed by atoms with Crippen LogP contribution in [0.1, 0.15) is 46.4 Å². The van der Waals surface area contributed by atoms with E-state index in [1.807, 2.05) is 32.0 Å². The van der Waals surface area contributed by atoms with Crippen molar-refractivity contribution in [1.29, 1.82) is 0 Å². The zero-order valence-corrected chi connectivity index (χ0v) is 18.9. The molecule has 0 fully saturated rings. The lowest BCUT2D eigenvalue weighted by molar-refractivity contribution is 0.0846. The van der Waals surface area contributed by atoms with Gasteiger partial charge in [0.05, 0.1) is 34.7 Å². The molecule has 0 aliphatic carbocycles. The van der Waals surface area contributed by atoms with E-state index >= 15 is 0 Å². The van der Waals surface area contributed by atoms with E-state index in [-0.39, 0.29) is 6.04 Å². The van der Waals surface area contributed by atoms with Crippen LogP contribution < -0.4 is 20.3 Å². The van der Waals surface area contributed by atoms with Crippen molar-refractivity contribution in [3.05, 3.63) is 59.7 Å². The lowest BCUT2D eigenvalue weighted by Crippen LogP contribution is -2.41. The van der Waals surface area contributed by atoms with Gasteiger partial charge in [-0.25, -0.2) is 9.67 Å². The van der Waals surface area contributed by atoms with Crippen LogP contribution in [0.25, 0.3) is 22.3 Å². The van der Waals surface area contributed by atoms with Crippen molar-refractivity contribution in [2.75, 3.05) is 13.2 Å². The number of rotatable bonds is 4. The maximum Gasteiger partial charge on any atom is 0.273 e. The Hall–Kier alpha value is -4.34. The maximum atomic E-state index is 13.2. The molecule has 3 aromatic heterocycles. The highest BCUT2D eigenvalue weighted by Gasteiger charge is 2.21. The zero-order valence-electron chi connectivity index (χ0n) is 18.9. The Kier molecular flexibility index (Phi) is 5.40. The molecule has 0 unspecified atom stereocenters. The molecule has 4 heterocycles. The average Bonchev–Trinajstić information content (AvgIpc) is 3.47. The smallest absolute Gasteiger partial charge is 0.273 e. The SMILES string of the molecule is Cc1occc1C(=O)NNC(=O)c1cc(-c2ccc3c(c2)OCCO3)nc2c1cnn2C(C)C. The molecule has 34 heavy (non-hydrogen) atoms. The predicted octanol–water partition coefficient (Wildman–Crippen LogP) is 3.43. The second-order valence-electron chi connectivity index (χ2n) is 8.13. The zero-order chi connectivity index (χ0) is 23.8. The Labute approximate surface area is 194 Å². The van der Waals surface area contributed by atoms with Crippen LogP contribution in [0.15, 0.2) is 47.2 Å². The molecule has 4 aromatic rings. The minimum Gasteiger partial charge on any atom is -0.486 e. The van der Waals surface area contributed by atoms with E-state index in [0.29, 0.717) is 58.3 Å². The van der Waals surface area contributed by atoms with Crippen molar-refractivity contribution in [3.63, 3.8) is 0 Å². The number of hydrazine groups is 1. The molecule has 0 radical (unpaired) electrons. The van der Waals surface area contributed by atoms with Gasteiger partial charge in [0.15, 0.2) is 17.1 Å². The number of ether oxygens (including phenoxy) is 2. The number of carbonyl (C=O) groups is 2. The van der Waals surface area contributed by atoms with Gasteiger partial charge < -0.3 is 13.9 Å². The number of furan rings is 1. The van der Waals surface area contributed by atoms with Crippen LogP contribution in [0.2, 0.25) is 0 Å². The minimum absolute atomic E-state index is 0.0280. The van der Waals surface area contributed by atoms with E-state index < -0.39 is 11.8 Å². The van der Waals surface area contributed by atoms with Crippen LogP contribution in [0.3, 0.4) is 0 Å². The fourth-order valence-corrected chi connectivity index (χ4v) is 3.80. The summed E-state index contributed by atoms with van der Waals surface area (Å²) in [7, 11) is 0. The van der Waals surface area contributed by atoms with Crippen molar-refractivity contribution in [2.45, 2.75) is 26.8 Å². The third-order valence-electron chi connectivity index (χ3n) is 5.53. The molecule has 10 heteroatoms. The molecule has 0 bridgehead atoms. The first-order chi connectivity index (χ1) is 16.4. The Morgan fingerprint density at radius 2 is 1.74 bits per heavy atom. The van der Waals surface area contributed by atoms with Crippen LogP contribution in [-0.2, 0) is 0 Å². The molecular formula is C24H23N5O5. The summed E-state index contributed by atoms with van der Waals surface area (Å²) >= 11 is 0. The predicted molar refractivity (Wildman–Crippen MR) is 123 cm³/mol. The molecule has 10 nitrogen and oxygen atoms in total. The van der Waals surface area contributed by atoms with Gasteiger partial charge in [-0.05, 0) is 51.1 Å². The van der Waals surface area contributed by atoms with Crippen LogP contribution in [0.5, 0.6) is 11.5 Å². The highest BCUT2D eigenvalue weighted by Crippen LogP contribution is 2.35.